The fraction of sp³-hybridized carbons (Fsp3) is 0.625. The maximum atomic E-state index is 9.92. The van der Waals surface area contributed by atoms with Crippen molar-refractivity contribution in [2.45, 2.75) is 45.3 Å². The highest BCUT2D eigenvalue weighted by atomic mass is 16.5. The Morgan fingerprint density at radius 3 is 2.70 bits per heavy atom. The molecular weight excluding hydrogens is 254 g/mol. The van der Waals surface area contributed by atoms with Gasteiger partial charge >= 0.3 is 0 Å². The van der Waals surface area contributed by atoms with Gasteiger partial charge in [-0.3, -0.25) is 0 Å². The zero-order valence-electron chi connectivity index (χ0n) is 12.7. The Hall–Kier alpha value is -1.10. The highest BCUT2D eigenvalue weighted by Gasteiger charge is 2.21. The number of ether oxygens (including phenoxy) is 1. The summed E-state index contributed by atoms with van der Waals surface area (Å²) in [7, 11) is 0. The van der Waals surface area contributed by atoms with E-state index < -0.39 is 6.10 Å². The molecule has 114 valence electrons. The molecule has 0 aliphatic rings. The third-order valence-corrected chi connectivity index (χ3v) is 3.64. The lowest BCUT2D eigenvalue weighted by molar-refractivity contribution is 0.0866. The van der Waals surface area contributed by atoms with Crippen molar-refractivity contribution in [1.29, 1.82) is 0 Å². The fourth-order valence-corrected chi connectivity index (χ4v) is 1.76. The summed E-state index contributed by atoms with van der Waals surface area (Å²) < 4.78 is 5.59. The van der Waals surface area contributed by atoms with Crippen LogP contribution in [0.2, 0.25) is 0 Å². The SMILES string of the molecule is CCc1cccc(OCC(O)CNC(C)(CC)CO)c1. The van der Waals surface area contributed by atoms with Crippen LogP contribution in [0, 0.1) is 0 Å². The average Bonchev–Trinajstić information content (AvgIpc) is 2.50. The molecule has 0 heterocycles. The second-order valence-corrected chi connectivity index (χ2v) is 5.42. The molecule has 0 aromatic heterocycles. The van der Waals surface area contributed by atoms with Gasteiger partial charge < -0.3 is 20.3 Å². The molecule has 0 saturated carbocycles. The van der Waals surface area contributed by atoms with E-state index in [1.807, 2.05) is 32.0 Å². The quantitative estimate of drug-likeness (QED) is 0.645. The van der Waals surface area contributed by atoms with Gasteiger partial charge in [-0.25, -0.2) is 0 Å². The van der Waals surface area contributed by atoms with Gasteiger partial charge in [-0.1, -0.05) is 26.0 Å². The van der Waals surface area contributed by atoms with Crippen molar-refractivity contribution in [3.8, 4) is 5.75 Å². The first kappa shape index (κ1) is 17.0. The minimum Gasteiger partial charge on any atom is -0.491 e. The molecule has 0 aliphatic heterocycles. The van der Waals surface area contributed by atoms with Gasteiger partial charge in [0.2, 0.25) is 0 Å². The van der Waals surface area contributed by atoms with Gasteiger partial charge in [-0.15, -0.1) is 0 Å². The zero-order chi connectivity index (χ0) is 15.0. The monoisotopic (exact) mass is 281 g/mol. The number of hydrogen-bond donors (Lipinski definition) is 3. The van der Waals surface area contributed by atoms with E-state index in [-0.39, 0.29) is 18.8 Å². The first-order chi connectivity index (χ1) is 9.53. The molecule has 2 atom stereocenters. The number of aliphatic hydroxyl groups is 2. The Balaban J connectivity index is 2.37. The van der Waals surface area contributed by atoms with E-state index in [9.17, 15) is 10.2 Å². The van der Waals surface area contributed by atoms with Gasteiger partial charge in [-0.2, -0.15) is 0 Å². The summed E-state index contributed by atoms with van der Waals surface area (Å²) in [5.41, 5.74) is 0.872. The average molecular weight is 281 g/mol. The summed E-state index contributed by atoms with van der Waals surface area (Å²) >= 11 is 0. The van der Waals surface area contributed by atoms with Crippen LogP contribution in [0.1, 0.15) is 32.8 Å². The lowest BCUT2D eigenvalue weighted by Crippen LogP contribution is -2.49. The van der Waals surface area contributed by atoms with E-state index >= 15 is 0 Å². The molecular formula is C16H27NO3. The van der Waals surface area contributed by atoms with Crippen LogP contribution in [-0.4, -0.2) is 41.6 Å². The lowest BCUT2D eigenvalue weighted by Gasteiger charge is -2.28. The standard InChI is InChI=1S/C16H27NO3/c1-4-13-7-6-8-15(9-13)20-11-14(19)10-17-16(3,5-2)12-18/h6-9,14,17-19H,4-5,10-12H2,1-3H3. The first-order valence-corrected chi connectivity index (χ1v) is 7.28. The number of aliphatic hydroxyl groups excluding tert-OH is 2. The number of hydrogen-bond acceptors (Lipinski definition) is 4. The maximum absolute atomic E-state index is 9.92. The molecule has 3 N–H and O–H groups in total. The van der Waals surface area contributed by atoms with E-state index in [1.165, 1.54) is 5.56 Å². The summed E-state index contributed by atoms with van der Waals surface area (Å²) in [4.78, 5) is 0. The highest BCUT2D eigenvalue weighted by molar-refractivity contribution is 5.28. The zero-order valence-corrected chi connectivity index (χ0v) is 12.7. The van der Waals surface area contributed by atoms with Crippen molar-refractivity contribution < 1.29 is 14.9 Å². The van der Waals surface area contributed by atoms with E-state index in [1.54, 1.807) is 0 Å². The van der Waals surface area contributed by atoms with Crippen LogP contribution in [0.5, 0.6) is 5.75 Å². The minimum absolute atomic E-state index is 0.0512. The van der Waals surface area contributed by atoms with Crippen LogP contribution >= 0.6 is 0 Å². The van der Waals surface area contributed by atoms with Crippen molar-refractivity contribution >= 4 is 0 Å². The maximum Gasteiger partial charge on any atom is 0.119 e. The molecule has 0 saturated heterocycles. The predicted molar refractivity (Wildman–Crippen MR) is 81.1 cm³/mol. The molecule has 0 amide bonds. The Kier molecular flexibility index (Phi) is 6.99. The smallest absolute Gasteiger partial charge is 0.119 e. The van der Waals surface area contributed by atoms with Gasteiger partial charge in [0.1, 0.15) is 18.5 Å². The number of aryl methyl sites for hydroxylation is 1. The Labute approximate surface area is 121 Å². The predicted octanol–water partition coefficient (Wildman–Crippen LogP) is 1.74. The Morgan fingerprint density at radius 1 is 1.35 bits per heavy atom. The van der Waals surface area contributed by atoms with Crippen molar-refractivity contribution in [2.24, 2.45) is 0 Å². The van der Waals surface area contributed by atoms with Crippen molar-refractivity contribution in [2.75, 3.05) is 19.8 Å². The summed E-state index contributed by atoms with van der Waals surface area (Å²) in [5.74, 6) is 0.781. The third-order valence-electron chi connectivity index (χ3n) is 3.64. The second kappa shape index (κ2) is 8.25. The van der Waals surface area contributed by atoms with Gasteiger partial charge in [0.25, 0.3) is 0 Å². The van der Waals surface area contributed by atoms with Crippen LogP contribution in [0.3, 0.4) is 0 Å². The van der Waals surface area contributed by atoms with E-state index in [0.29, 0.717) is 6.54 Å². The molecule has 0 fully saturated rings. The van der Waals surface area contributed by atoms with Crippen LogP contribution < -0.4 is 10.1 Å². The third kappa shape index (κ3) is 5.49. The molecule has 1 aromatic rings. The topological polar surface area (TPSA) is 61.7 Å². The van der Waals surface area contributed by atoms with E-state index in [0.717, 1.165) is 18.6 Å². The van der Waals surface area contributed by atoms with Gasteiger partial charge in [0, 0.05) is 12.1 Å². The van der Waals surface area contributed by atoms with Crippen LogP contribution in [0.15, 0.2) is 24.3 Å². The van der Waals surface area contributed by atoms with Crippen LogP contribution in [-0.2, 0) is 6.42 Å². The number of rotatable bonds is 9. The van der Waals surface area contributed by atoms with Crippen molar-refractivity contribution in [3.63, 3.8) is 0 Å². The molecule has 2 unspecified atom stereocenters. The lowest BCUT2D eigenvalue weighted by atomic mass is 10.0. The second-order valence-electron chi connectivity index (χ2n) is 5.42. The molecule has 0 spiro atoms. The van der Waals surface area contributed by atoms with Gasteiger partial charge in [0.15, 0.2) is 0 Å². The molecule has 20 heavy (non-hydrogen) atoms. The Bertz CT molecular complexity index is 391. The van der Waals surface area contributed by atoms with E-state index in [2.05, 4.69) is 18.3 Å². The summed E-state index contributed by atoms with van der Waals surface area (Å²) in [5, 5.41) is 22.4. The van der Waals surface area contributed by atoms with Crippen LogP contribution in [0.4, 0.5) is 0 Å². The van der Waals surface area contributed by atoms with Crippen molar-refractivity contribution in [3.05, 3.63) is 29.8 Å². The van der Waals surface area contributed by atoms with Gasteiger partial charge in [-0.05, 0) is 37.5 Å². The number of benzene rings is 1. The van der Waals surface area contributed by atoms with E-state index in [4.69, 9.17) is 4.74 Å². The molecule has 0 aliphatic carbocycles. The summed E-state index contributed by atoms with van der Waals surface area (Å²) in [6.07, 6.45) is 1.17. The molecule has 0 radical (unpaired) electrons. The number of nitrogens with one attached hydrogen (secondary N) is 1. The fourth-order valence-electron chi connectivity index (χ4n) is 1.76. The summed E-state index contributed by atoms with van der Waals surface area (Å²) in [6.45, 7) is 6.73. The van der Waals surface area contributed by atoms with Crippen molar-refractivity contribution in [1.82, 2.24) is 5.32 Å². The largest absolute Gasteiger partial charge is 0.491 e. The van der Waals surface area contributed by atoms with Gasteiger partial charge in [0.05, 0.1) is 6.61 Å². The molecule has 0 bridgehead atoms. The van der Waals surface area contributed by atoms with Crippen LogP contribution in [0.25, 0.3) is 0 Å². The first-order valence-electron chi connectivity index (χ1n) is 7.28. The Morgan fingerprint density at radius 2 is 2.10 bits per heavy atom. The normalized spacial score (nSPS) is 15.7. The molecule has 4 nitrogen and oxygen atoms in total. The molecule has 4 heteroatoms. The highest BCUT2D eigenvalue weighted by Crippen LogP contribution is 2.14. The number of β-amino-alcohol motifs (C(OH)–C–C–N with tert-alkyl or cyclic N) is 1. The molecule has 1 rings (SSSR count). The minimum atomic E-state index is -0.599. The summed E-state index contributed by atoms with van der Waals surface area (Å²) in [6, 6.07) is 7.89. The molecule has 1 aromatic carbocycles.